The number of likely N-dealkylation sites (N-methyl/N-ethyl adjacent to an activating group) is 1. The molecule has 1 aromatic carbocycles. The zero-order chi connectivity index (χ0) is 13.1. The van der Waals surface area contributed by atoms with Gasteiger partial charge < -0.3 is 10.6 Å². The van der Waals surface area contributed by atoms with Gasteiger partial charge in [0, 0.05) is 32.2 Å². The first-order valence-electron chi connectivity index (χ1n) is 6.56. The van der Waals surface area contributed by atoms with Crippen molar-refractivity contribution in [2.75, 3.05) is 32.4 Å². The van der Waals surface area contributed by atoms with Crippen LogP contribution in [-0.4, -0.2) is 42.5 Å². The van der Waals surface area contributed by atoms with Crippen molar-refractivity contribution in [1.82, 2.24) is 9.80 Å². The molecule has 0 spiro atoms. The van der Waals surface area contributed by atoms with Gasteiger partial charge >= 0.3 is 0 Å². The fourth-order valence-corrected chi connectivity index (χ4v) is 2.52. The average Bonchev–Trinajstić information content (AvgIpc) is 2.36. The van der Waals surface area contributed by atoms with Crippen LogP contribution in [0.1, 0.15) is 18.9 Å². The summed E-state index contributed by atoms with van der Waals surface area (Å²) in [6.45, 7) is 6.20. The molecule has 4 heteroatoms. The summed E-state index contributed by atoms with van der Waals surface area (Å²) in [5.74, 6) is -0.311. The maximum atomic E-state index is 13.4. The highest BCUT2D eigenvalue weighted by molar-refractivity contribution is 5.41. The fraction of sp³-hybridized carbons (Fsp3) is 0.571. The molecule has 1 unspecified atom stereocenters. The van der Waals surface area contributed by atoms with Gasteiger partial charge in [-0.25, -0.2) is 4.39 Å². The average molecular weight is 251 g/mol. The van der Waals surface area contributed by atoms with E-state index < -0.39 is 0 Å². The van der Waals surface area contributed by atoms with Crippen molar-refractivity contribution in [3.8, 4) is 0 Å². The van der Waals surface area contributed by atoms with Gasteiger partial charge in [-0.3, -0.25) is 4.90 Å². The Kier molecular flexibility index (Phi) is 4.19. The predicted octanol–water partition coefficient (Wildman–Crippen LogP) is 1.93. The van der Waals surface area contributed by atoms with E-state index in [0.29, 0.717) is 6.04 Å². The Morgan fingerprint density at radius 3 is 2.83 bits per heavy atom. The predicted molar refractivity (Wildman–Crippen MR) is 72.8 cm³/mol. The number of piperazine rings is 1. The number of nitrogen functional groups attached to an aromatic ring is 1. The second-order valence-corrected chi connectivity index (χ2v) is 5.13. The number of rotatable bonds is 3. The Bertz CT molecular complexity index is 408. The molecule has 0 amide bonds. The molecule has 1 aromatic rings. The minimum Gasteiger partial charge on any atom is -0.396 e. The van der Waals surface area contributed by atoms with Crippen LogP contribution in [0.15, 0.2) is 18.2 Å². The second kappa shape index (κ2) is 5.67. The van der Waals surface area contributed by atoms with Crippen LogP contribution < -0.4 is 5.73 Å². The highest BCUT2D eigenvalue weighted by Crippen LogP contribution is 2.16. The molecule has 1 aliphatic heterocycles. The van der Waals surface area contributed by atoms with Gasteiger partial charge in [-0.1, -0.05) is 13.0 Å². The summed E-state index contributed by atoms with van der Waals surface area (Å²) >= 11 is 0. The Morgan fingerprint density at radius 1 is 1.39 bits per heavy atom. The van der Waals surface area contributed by atoms with Crippen molar-refractivity contribution >= 4 is 5.69 Å². The molecular formula is C14H22FN3. The molecular weight excluding hydrogens is 229 g/mol. The zero-order valence-corrected chi connectivity index (χ0v) is 11.2. The third-order valence-corrected chi connectivity index (χ3v) is 3.80. The van der Waals surface area contributed by atoms with Gasteiger partial charge in [0.2, 0.25) is 0 Å². The lowest BCUT2D eigenvalue weighted by molar-refractivity contribution is 0.0883. The molecule has 3 nitrogen and oxygen atoms in total. The van der Waals surface area contributed by atoms with Gasteiger partial charge in [0.15, 0.2) is 0 Å². The number of benzene rings is 1. The largest absolute Gasteiger partial charge is 0.396 e. The maximum absolute atomic E-state index is 13.4. The molecule has 1 aliphatic rings. The Hall–Kier alpha value is -1.13. The molecule has 1 heterocycles. The van der Waals surface area contributed by atoms with E-state index in [0.717, 1.165) is 38.2 Å². The second-order valence-electron chi connectivity index (χ2n) is 5.13. The van der Waals surface area contributed by atoms with Crippen LogP contribution in [0, 0.1) is 5.82 Å². The summed E-state index contributed by atoms with van der Waals surface area (Å²) in [5.41, 5.74) is 6.71. The normalized spacial score (nSPS) is 22.3. The zero-order valence-electron chi connectivity index (χ0n) is 11.2. The number of hydrogen-bond donors (Lipinski definition) is 1. The Balaban J connectivity index is 1.99. The van der Waals surface area contributed by atoms with E-state index in [9.17, 15) is 4.39 Å². The van der Waals surface area contributed by atoms with Gasteiger partial charge in [0.05, 0.1) is 5.69 Å². The van der Waals surface area contributed by atoms with Gasteiger partial charge in [-0.05, 0) is 31.2 Å². The molecule has 0 aromatic heterocycles. The number of nitrogens with two attached hydrogens (primary N) is 1. The molecule has 2 rings (SSSR count). The van der Waals surface area contributed by atoms with Crippen molar-refractivity contribution < 1.29 is 4.39 Å². The first-order chi connectivity index (χ1) is 8.60. The van der Waals surface area contributed by atoms with Gasteiger partial charge in [0.1, 0.15) is 5.82 Å². The minimum atomic E-state index is -0.311. The van der Waals surface area contributed by atoms with Crippen molar-refractivity contribution in [2.45, 2.75) is 25.9 Å². The minimum absolute atomic E-state index is 0.226. The molecule has 0 radical (unpaired) electrons. The summed E-state index contributed by atoms with van der Waals surface area (Å²) in [6.07, 6.45) is 1.16. The summed E-state index contributed by atoms with van der Waals surface area (Å²) in [6, 6.07) is 5.72. The van der Waals surface area contributed by atoms with Crippen LogP contribution in [0.25, 0.3) is 0 Å². The van der Waals surface area contributed by atoms with Crippen LogP contribution >= 0.6 is 0 Å². The highest BCUT2D eigenvalue weighted by Gasteiger charge is 2.22. The Morgan fingerprint density at radius 2 is 2.17 bits per heavy atom. The summed E-state index contributed by atoms with van der Waals surface area (Å²) in [5, 5.41) is 0. The maximum Gasteiger partial charge on any atom is 0.146 e. The number of halogens is 1. The monoisotopic (exact) mass is 251 g/mol. The molecule has 0 bridgehead atoms. The molecule has 100 valence electrons. The van der Waals surface area contributed by atoms with Crippen molar-refractivity contribution in [3.63, 3.8) is 0 Å². The van der Waals surface area contributed by atoms with E-state index in [1.807, 2.05) is 6.07 Å². The smallest absolute Gasteiger partial charge is 0.146 e. The molecule has 18 heavy (non-hydrogen) atoms. The molecule has 2 N–H and O–H groups in total. The van der Waals surface area contributed by atoms with Crippen LogP contribution in [-0.2, 0) is 6.54 Å². The molecule has 1 saturated heterocycles. The summed E-state index contributed by atoms with van der Waals surface area (Å²) < 4.78 is 13.4. The third kappa shape index (κ3) is 3.00. The lowest BCUT2D eigenvalue weighted by Gasteiger charge is -2.39. The highest BCUT2D eigenvalue weighted by atomic mass is 19.1. The van der Waals surface area contributed by atoms with Crippen LogP contribution in [0.2, 0.25) is 0 Å². The lowest BCUT2D eigenvalue weighted by Crippen LogP contribution is -2.50. The summed E-state index contributed by atoms with van der Waals surface area (Å²) in [4.78, 5) is 4.79. The van der Waals surface area contributed by atoms with E-state index in [2.05, 4.69) is 23.8 Å². The van der Waals surface area contributed by atoms with E-state index in [1.165, 1.54) is 0 Å². The fourth-order valence-electron chi connectivity index (χ4n) is 2.52. The SMILES string of the molecule is CCC1CN(Cc2ccc(N)c(F)c2)CCN1C. The molecule has 1 fully saturated rings. The van der Waals surface area contributed by atoms with E-state index in [1.54, 1.807) is 12.1 Å². The van der Waals surface area contributed by atoms with Gasteiger partial charge in [-0.2, -0.15) is 0 Å². The summed E-state index contributed by atoms with van der Waals surface area (Å²) in [7, 11) is 2.17. The van der Waals surface area contributed by atoms with E-state index >= 15 is 0 Å². The molecule has 0 saturated carbocycles. The third-order valence-electron chi connectivity index (χ3n) is 3.80. The molecule has 0 aliphatic carbocycles. The van der Waals surface area contributed by atoms with Crippen molar-refractivity contribution in [1.29, 1.82) is 0 Å². The van der Waals surface area contributed by atoms with Crippen LogP contribution in [0.3, 0.4) is 0 Å². The first-order valence-corrected chi connectivity index (χ1v) is 6.56. The topological polar surface area (TPSA) is 32.5 Å². The van der Waals surface area contributed by atoms with E-state index in [4.69, 9.17) is 5.73 Å². The van der Waals surface area contributed by atoms with Crippen LogP contribution in [0.5, 0.6) is 0 Å². The quantitative estimate of drug-likeness (QED) is 0.833. The number of anilines is 1. The van der Waals surface area contributed by atoms with Crippen molar-refractivity contribution in [2.24, 2.45) is 0 Å². The van der Waals surface area contributed by atoms with Gasteiger partial charge in [0.25, 0.3) is 0 Å². The van der Waals surface area contributed by atoms with Gasteiger partial charge in [-0.15, -0.1) is 0 Å². The number of nitrogens with zero attached hydrogens (tertiary/aromatic N) is 2. The molecule has 1 atom stereocenters. The standard InChI is InChI=1S/C14H22FN3/c1-3-12-10-18(7-6-17(12)2)9-11-4-5-14(16)13(15)8-11/h4-5,8,12H,3,6-7,9-10,16H2,1-2H3. The first kappa shape index (κ1) is 13.3. The van der Waals surface area contributed by atoms with E-state index in [-0.39, 0.29) is 11.5 Å². The van der Waals surface area contributed by atoms with Crippen molar-refractivity contribution in [3.05, 3.63) is 29.6 Å². The van der Waals surface area contributed by atoms with Crippen LogP contribution in [0.4, 0.5) is 10.1 Å². The number of hydrogen-bond acceptors (Lipinski definition) is 3. The Labute approximate surface area is 108 Å². The lowest BCUT2D eigenvalue weighted by atomic mass is 10.1.